The molecule has 2 aromatic heterocycles. The summed E-state index contributed by atoms with van der Waals surface area (Å²) < 4.78 is 2.08. The zero-order chi connectivity index (χ0) is 21.6. The SMILES string of the molecule is CC(C)c1ccccc1NC(=O)CSc1nnc(-c2cccs2)n1Cc1ccccc1. The molecular formula is C24H24N4OS2. The summed E-state index contributed by atoms with van der Waals surface area (Å²) in [4.78, 5) is 13.7. The van der Waals surface area contributed by atoms with Crippen LogP contribution >= 0.6 is 23.1 Å². The lowest BCUT2D eigenvalue weighted by Gasteiger charge is -2.13. The van der Waals surface area contributed by atoms with E-state index < -0.39 is 0 Å². The van der Waals surface area contributed by atoms with Gasteiger partial charge < -0.3 is 5.32 Å². The molecule has 4 aromatic rings. The van der Waals surface area contributed by atoms with E-state index in [4.69, 9.17) is 0 Å². The van der Waals surface area contributed by atoms with Crippen LogP contribution in [0.25, 0.3) is 10.7 Å². The summed E-state index contributed by atoms with van der Waals surface area (Å²) in [5.41, 5.74) is 3.17. The van der Waals surface area contributed by atoms with Crippen molar-refractivity contribution in [2.45, 2.75) is 31.5 Å². The van der Waals surface area contributed by atoms with Crippen molar-refractivity contribution in [3.63, 3.8) is 0 Å². The second-order valence-corrected chi connectivity index (χ2v) is 9.32. The van der Waals surface area contributed by atoms with Gasteiger partial charge in [0.2, 0.25) is 5.91 Å². The maximum Gasteiger partial charge on any atom is 0.234 e. The minimum absolute atomic E-state index is 0.0509. The molecule has 7 heteroatoms. The highest BCUT2D eigenvalue weighted by atomic mass is 32.2. The highest BCUT2D eigenvalue weighted by molar-refractivity contribution is 7.99. The summed E-state index contributed by atoms with van der Waals surface area (Å²) in [5, 5.41) is 14.6. The third kappa shape index (κ3) is 5.24. The third-order valence-corrected chi connectivity index (χ3v) is 6.66. The van der Waals surface area contributed by atoms with E-state index in [-0.39, 0.29) is 11.7 Å². The van der Waals surface area contributed by atoms with Crippen molar-refractivity contribution in [2.24, 2.45) is 0 Å². The van der Waals surface area contributed by atoms with Crippen molar-refractivity contribution in [2.75, 3.05) is 11.1 Å². The monoisotopic (exact) mass is 448 g/mol. The molecule has 0 radical (unpaired) electrons. The van der Waals surface area contributed by atoms with Gasteiger partial charge in [-0.25, -0.2) is 0 Å². The Balaban J connectivity index is 1.51. The van der Waals surface area contributed by atoms with E-state index in [2.05, 4.69) is 52.1 Å². The first-order valence-electron chi connectivity index (χ1n) is 10.1. The van der Waals surface area contributed by atoms with Crippen molar-refractivity contribution >= 4 is 34.7 Å². The number of thioether (sulfide) groups is 1. The molecule has 0 fully saturated rings. The zero-order valence-corrected chi connectivity index (χ0v) is 19.1. The third-order valence-electron chi connectivity index (χ3n) is 4.83. The molecule has 0 saturated carbocycles. The highest BCUT2D eigenvalue weighted by Crippen LogP contribution is 2.29. The van der Waals surface area contributed by atoms with Gasteiger partial charge in [-0.2, -0.15) is 0 Å². The molecular weight excluding hydrogens is 424 g/mol. The van der Waals surface area contributed by atoms with Crippen LogP contribution in [-0.2, 0) is 11.3 Å². The number of anilines is 1. The summed E-state index contributed by atoms with van der Waals surface area (Å²) in [6.07, 6.45) is 0. The van der Waals surface area contributed by atoms with Gasteiger partial charge in [-0.05, 0) is 34.6 Å². The number of benzene rings is 2. The Labute approximate surface area is 190 Å². The van der Waals surface area contributed by atoms with Crippen LogP contribution in [0.2, 0.25) is 0 Å². The minimum atomic E-state index is -0.0509. The van der Waals surface area contributed by atoms with E-state index in [1.54, 1.807) is 11.3 Å². The van der Waals surface area contributed by atoms with Crippen LogP contribution < -0.4 is 5.32 Å². The van der Waals surface area contributed by atoms with Crippen molar-refractivity contribution in [3.8, 4) is 10.7 Å². The van der Waals surface area contributed by atoms with Gasteiger partial charge in [0.15, 0.2) is 11.0 Å². The topological polar surface area (TPSA) is 59.8 Å². The average Bonchev–Trinajstić information content (AvgIpc) is 3.43. The Morgan fingerprint density at radius 3 is 2.55 bits per heavy atom. The van der Waals surface area contributed by atoms with Crippen molar-refractivity contribution in [1.29, 1.82) is 0 Å². The van der Waals surface area contributed by atoms with Gasteiger partial charge in [0.05, 0.1) is 17.2 Å². The molecule has 0 saturated heterocycles. The lowest BCUT2D eigenvalue weighted by Crippen LogP contribution is -2.16. The molecule has 0 atom stereocenters. The Hall–Kier alpha value is -2.90. The number of nitrogens with zero attached hydrogens (tertiary/aromatic N) is 3. The molecule has 0 bridgehead atoms. The molecule has 0 aliphatic rings. The molecule has 31 heavy (non-hydrogen) atoms. The van der Waals surface area contributed by atoms with Gasteiger partial charge in [0, 0.05) is 5.69 Å². The summed E-state index contributed by atoms with van der Waals surface area (Å²) >= 11 is 3.04. The number of hydrogen-bond acceptors (Lipinski definition) is 5. The average molecular weight is 449 g/mol. The number of aromatic nitrogens is 3. The van der Waals surface area contributed by atoms with Crippen molar-refractivity contribution in [3.05, 3.63) is 83.2 Å². The maximum absolute atomic E-state index is 12.7. The first-order chi connectivity index (χ1) is 15.1. The number of amides is 1. The largest absolute Gasteiger partial charge is 0.325 e. The normalized spacial score (nSPS) is 11.1. The molecule has 5 nitrogen and oxygen atoms in total. The summed E-state index contributed by atoms with van der Waals surface area (Å²) in [7, 11) is 0. The minimum Gasteiger partial charge on any atom is -0.325 e. The maximum atomic E-state index is 12.7. The van der Waals surface area contributed by atoms with Crippen LogP contribution in [0, 0.1) is 0 Å². The number of carbonyl (C=O) groups is 1. The number of carbonyl (C=O) groups excluding carboxylic acids is 1. The molecule has 158 valence electrons. The van der Waals surface area contributed by atoms with Crippen molar-refractivity contribution < 1.29 is 4.79 Å². The number of hydrogen-bond donors (Lipinski definition) is 1. The fourth-order valence-electron chi connectivity index (χ4n) is 3.32. The quantitative estimate of drug-likeness (QED) is 0.341. The van der Waals surface area contributed by atoms with Crippen LogP contribution in [0.3, 0.4) is 0 Å². The summed E-state index contributed by atoms with van der Waals surface area (Å²) in [6.45, 7) is 4.90. The van der Waals surface area contributed by atoms with E-state index >= 15 is 0 Å². The van der Waals surface area contributed by atoms with E-state index in [1.165, 1.54) is 11.8 Å². The van der Waals surface area contributed by atoms with E-state index in [0.29, 0.717) is 12.5 Å². The first-order valence-corrected chi connectivity index (χ1v) is 12.0. The number of rotatable bonds is 8. The molecule has 0 aliphatic carbocycles. The summed E-state index contributed by atoms with van der Waals surface area (Å²) in [6, 6.07) is 22.2. The van der Waals surface area contributed by atoms with Crippen LogP contribution in [0.4, 0.5) is 5.69 Å². The van der Waals surface area contributed by atoms with Gasteiger partial charge in [-0.15, -0.1) is 21.5 Å². The van der Waals surface area contributed by atoms with Crippen LogP contribution in [0.15, 0.2) is 77.3 Å². The number of para-hydroxylation sites is 1. The second kappa shape index (κ2) is 9.94. The van der Waals surface area contributed by atoms with Crippen LogP contribution in [0.5, 0.6) is 0 Å². The lowest BCUT2D eigenvalue weighted by atomic mass is 10.0. The molecule has 2 aromatic carbocycles. The van der Waals surface area contributed by atoms with E-state index in [9.17, 15) is 4.79 Å². The Kier molecular flexibility index (Phi) is 6.84. The zero-order valence-electron chi connectivity index (χ0n) is 17.5. The summed E-state index contributed by atoms with van der Waals surface area (Å²) in [5.74, 6) is 1.38. The van der Waals surface area contributed by atoms with Gasteiger partial charge >= 0.3 is 0 Å². The van der Waals surface area contributed by atoms with Crippen LogP contribution in [-0.4, -0.2) is 26.4 Å². The Bertz CT molecular complexity index is 1140. The van der Waals surface area contributed by atoms with Gasteiger partial charge in [0.25, 0.3) is 0 Å². The molecule has 0 unspecified atom stereocenters. The van der Waals surface area contributed by atoms with Crippen molar-refractivity contribution in [1.82, 2.24) is 14.8 Å². The molecule has 0 aliphatic heterocycles. The van der Waals surface area contributed by atoms with Gasteiger partial charge in [0.1, 0.15) is 0 Å². The van der Waals surface area contributed by atoms with Gasteiger partial charge in [-0.3, -0.25) is 9.36 Å². The Morgan fingerprint density at radius 2 is 1.81 bits per heavy atom. The Morgan fingerprint density at radius 1 is 1.03 bits per heavy atom. The standard InChI is InChI=1S/C24H24N4OS2/c1-17(2)19-11-6-7-12-20(19)25-22(29)16-31-24-27-26-23(21-13-8-14-30-21)28(24)15-18-9-4-3-5-10-18/h3-14,17H,15-16H2,1-2H3,(H,25,29). The van der Waals surface area contributed by atoms with Crippen LogP contribution in [0.1, 0.15) is 30.9 Å². The smallest absolute Gasteiger partial charge is 0.234 e. The fourth-order valence-corrected chi connectivity index (χ4v) is 4.78. The number of thiophene rings is 1. The molecule has 2 heterocycles. The first kappa shape index (κ1) is 21.3. The predicted octanol–water partition coefficient (Wildman–Crippen LogP) is 5.91. The second-order valence-electron chi connectivity index (χ2n) is 7.43. The van der Waals surface area contributed by atoms with Gasteiger partial charge in [-0.1, -0.05) is 80.2 Å². The molecule has 0 spiro atoms. The number of nitrogens with one attached hydrogen (secondary N) is 1. The predicted molar refractivity (Wildman–Crippen MR) is 129 cm³/mol. The molecule has 1 amide bonds. The molecule has 1 N–H and O–H groups in total. The van der Waals surface area contributed by atoms with E-state index in [1.807, 2.05) is 53.9 Å². The fraction of sp³-hybridized carbons (Fsp3) is 0.208. The highest BCUT2D eigenvalue weighted by Gasteiger charge is 2.17. The molecule has 4 rings (SSSR count). The van der Waals surface area contributed by atoms with E-state index in [0.717, 1.165) is 32.7 Å². The lowest BCUT2D eigenvalue weighted by molar-refractivity contribution is -0.113.